The van der Waals surface area contributed by atoms with Crippen molar-refractivity contribution in [2.24, 2.45) is 4.99 Å². The maximum absolute atomic E-state index is 12.9. The molecule has 0 saturated carbocycles. The highest BCUT2D eigenvalue weighted by atomic mass is 35.5. The Hall–Kier alpha value is -3.52. The van der Waals surface area contributed by atoms with E-state index in [1.807, 2.05) is 0 Å². The standard InChI is InChI=1S/C17H13ClF3N7O/c1-9(14(27-13(23)8-22)28-16-24-3-2-4-25-16)26-15(29)10-5-11(17(19,20)21)7-12(18)6-10/h2-7,9H,1H3,(H,26,29)(H2,23,24,25,27,28). The van der Waals surface area contributed by atoms with E-state index in [-0.39, 0.29) is 22.4 Å². The van der Waals surface area contributed by atoms with Gasteiger partial charge in [-0.1, -0.05) is 11.6 Å². The van der Waals surface area contributed by atoms with Crippen LogP contribution in [0.4, 0.5) is 19.1 Å². The molecule has 2 aromatic rings. The summed E-state index contributed by atoms with van der Waals surface area (Å²) in [6.07, 6.45) is -1.82. The SMILES string of the molecule is CC(NC(=O)c1cc(Cl)cc(C(F)(F)F)c1)/C(=N/C(=N)C#N)Nc1ncccn1. The Morgan fingerprint density at radius 3 is 2.55 bits per heavy atom. The highest BCUT2D eigenvalue weighted by molar-refractivity contribution is 6.31. The van der Waals surface area contributed by atoms with Crippen LogP contribution in [-0.2, 0) is 6.18 Å². The van der Waals surface area contributed by atoms with E-state index in [2.05, 4.69) is 25.6 Å². The molecule has 0 bridgehead atoms. The Bertz CT molecular complexity index is 987. The molecule has 0 saturated heterocycles. The number of nitrogens with zero attached hydrogens (tertiary/aromatic N) is 4. The molecule has 0 spiro atoms. The molecule has 0 aliphatic rings. The minimum Gasteiger partial charge on any atom is -0.342 e. The molecule has 0 aliphatic carbocycles. The number of alkyl halides is 3. The summed E-state index contributed by atoms with van der Waals surface area (Å²) >= 11 is 5.70. The first-order chi connectivity index (χ1) is 13.6. The number of halogens is 4. The van der Waals surface area contributed by atoms with Crippen LogP contribution in [0.5, 0.6) is 0 Å². The number of nitrogens with one attached hydrogen (secondary N) is 3. The number of anilines is 1. The van der Waals surface area contributed by atoms with Gasteiger partial charge in [-0.3, -0.25) is 10.2 Å². The van der Waals surface area contributed by atoms with Gasteiger partial charge in [-0.05, 0) is 31.2 Å². The Balaban J connectivity index is 2.27. The molecule has 1 aromatic carbocycles. The van der Waals surface area contributed by atoms with E-state index < -0.39 is 29.5 Å². The summed E-state index contributed by atoms with van der Waals surface area (Å²) in [4.78, 5) is 24.0. The highest BCUT2D eigenvalue weighted by Crippen LogP contribution is 2.31. The van der Waals surface area contributed by atoms with Crippen LogP contribution in [0.2, 0.25) is 5.02 Å². The third-order valence-corrected chi connectivity index (χ3v) is 3.61. The van der Waals surface area contributed by atoms with Crippen LogP contribution in [0.3, 0.4) is 0 Å². The molecule has 150 valence electrons. The van der Waals surface area contributed by atoms with Crippen LogP contribution in [0, 0.1) is 16.7 Å². The number of benzene rings is 1. The van der Waals surface area contributed by atoms with Gasteiger partial charge in [-0.25, -0.2) is 15.0 Å². The van der Waals surface area contributed by atoms with Gasteiger partial charge in [-0.15, -0.1) is 0 Å². The van der Waals surface area contributed by atoms with Gasteiger partial charge in [0.25, 0.3) is 5.91 Å². The molecular weight excluding hydrogens is 411 g/mol. The number of amides is 1. The van der Waals surface area contributed by atoms with Crippen LogP contribution in [-0.4, -0.2) is 33.6 Å². The summed E-state index contributed by atoms with van der Waals surface area (Å²) in [6.45, 7) is 1.45. The number of carbonyl (C=O) groups is 1. The van der Waals surface area contributed by atoms with Crippen molar-refractivity contribution in [2.75, 3.05) is 5.32 Å². The fourth-order valence-corrected chi connectivity index (χ4v) is 2.32. The summed E-state index contributed by atoms with van der Waals surface area (Å²) in [5.41, 5.74) is -1.39. The second kappa shape index (κ2) is 9.11. The fraction of sp³-hybridized carbons (Fsp3) is 0.176. The molecule has 12 heteroatoms. The van der Waals surface area contributed by atoms with Gasteiger partial charge >= 0.3 is 6.18 Å². The summed E-state index contributed by atoms with van der Waals surface area (Å²) in [6, 6.07) is 4.59. The Labute approximate surface area is 168 Å². The Morgan fingerprint density at radius 2 is 1.97 bits per heavy atom. The lowest BCUT2D eigenvalue weighted by atomic mass is 10.1. The molecule has 1 heterocycles. The number of aliphatic imine (C=N–C) groups is 1. The number of aromatic nitrogens is 2. The van der Waals surface area contributed by atoms with E-state index in [0.717, 1.165) is 6.07 Å². The van der Waals surface area contributed by atoms with E-state index in [1.165, 1.54) is 25.4 Å². The molecule has 2 rings (SSSR count). The maximum atomic E-state index is 12.9. The second-order valence-corrected chi connectivity index (χ2v) is 6.01. The van der Waals surface area contributed by atoms with Gasteiger partial charge in [0.15, 0.2) is 0 Å². The van der Waals surface area contributed by atoms with E-state index in [9.17, 15) is 18.0 Å². The minimum atomic E-state index is -4.67. The van der Waals surface area contributed by atoms with Crippen molar-refractivity contribution in [3.05, 3.63) is 52.8 Å². The van der Waals surface area contributed by atoms with Crippen LogP contribution >= 0.6 is 11.6 Å². The van der Waals surface area contributed by atoms with Crippen molar-refractivity contribution in [3.63, 3.8) is 0 Å². The van der Waals surface area contributed by atoms with Crippen LogP contribution < -0.4 is 10.6 Å². The molecule has 1 aromatic heterocycles. The van der Waals surface area contributed by atoms with Gasteiger partial charge < -0.3 is 10.6 Å². The van der Waals surface area contributed by atoms with E-state index >= 15 is 0 Å². The van der Waals surface area contributed by atoms with Gasteiger partial charge in [0.2, 0.25) is 11.8 Å². The molecule has 1 amide bonds. The first kappa shape index (κ1) is 21.8. The molecule has 1 atom stereocenters. The zero-order valence-electron chi connectivity index (χ0n) is 14.8. The fourth-order valence-electron chi connectivity index (χ4n) is 2.09. The predicted molar refractivity (Wildman–Crippen MR) is 99.8 cm³/mol. The average molecular weight is 424 g/mol. The summed E-state index contributed by atoms with van der Waals surface area (Å²) in [7, 11) is 0. The number of nitriles is 1. The van der Waals surface area contributed by atoms with Crippen molar-refractivity contribution < 1.29 is 18.0 Å². The molecule has 29 heavy (non-hydrogen) atoms. The van der Waals surface area contributed by atoms with Crippen molar-refractivity contribution in [1.82, 2.24) is 15.3 Å². The van der Waals surface area contributed by atoms with Crippen molar-refractivity contribution in [2.45, 2.75) is 19.1 Å². The monoisotopic (exact) mass is 423 g/mol. The first-order valence-electron chi connectivity index (χ1n) is 7.90. The summed E-state index contributed by atoms with van der Waals surface area (Å²) < 4.78 is 38.8. The Morgan fingerprint density at radius 1 is 1.31 bits per heavy atom. The van der Waals surface area contributed by atoms with Crippen molar-refractivity contribution >= 4 is 35.1 Å². The lowest BCUT2D eigenvalue weighted by Crippen LogP contribution is -2.42. The Kier molecular flexibility index (Phi) is 6.84. The van der Waals surface area contributed by atoms with E-state index in [0.29, 0.717) is 12.1 Å². The third kappa shape index (κ3) is 6.25. The smallest absolute Gasteiger partial charge is 0.342 e. The van der Waals surface area contributed by atoms with Gasteiger partial charge in [-0.2, -0.15) is 18.4 Å². The molecule has 0 aliphatic heterocycles. The number of carbonyl (C=O) groups excluding carboxylic acids is 1. The minimum absolute atomic E-state index is 0.0610. The van der Waals surface area contributed by atoms with Crippen molar-refractivity contribution in [3.8, 4) is 6.07 Å². The highest BCUT2D eigenvalue weighted by Gasteiger charge is 2.32. The molecule has 3 N–H and O–H groups in total. The quantitative estimate of drug-likeness (QED) is 0.513. The van der Waals surface area contributed by atoms with Crippen LogP contribution in [0.25, 0.3) is 0 Å². The number of amidine groups is 2. The maximum Gasteiger partial charge on any atom is 0.416 e. The second-order valence-electron chi connectivity index (χ2n) is 5.58. The lowest BCUT2D eigenvalue weighted by Gasteiger charge is -2.18. The zero-order valence-corrected chi connectivity index (χ0v) is 15.5. The lowest BCUT2D eigenvalue weighted by molar-refractivity contribution is -0.137. The molecular formula is C17H13ClF3N7O. The van der Waals surface area contributed by atoms with Crippen LogP contribution in [0.1, 0.15) is 22.8 Å². The molecule has 8 nitrogen and oxygen atoms in total. The number of hydrogen-bond acceptors (Lipinski definition) is 5. The molecule has 0 fully saturated rings. The van der Waals surface area contributed by atoms with Gasteiger partial charge in [0.05, 0.1) is 11.6 Å². The van der Waals surface area contributed by atoms with Gasteiger partial charge in [0.1, 0.15) is 11.9 Å². The largest absolute Gasteiger partial charge is 0.416 e. The topological polar surface area (TPSA) is 127 Å². The average Bonchev–Trinajstić information content (AvgIpc) is 2.66. The third-order valence-electron chi connectivity index (χ3n) is 3.39. The van der Waals surface area contributed by atoms with Crippen LogP contribution in [0.15, 0.2) is 41.7 Å². The van der Waals surface area contributed by atoms with E-state index in [4.69, 9.17) is 22.3 Å². The number of hydrogen-bond donors (Lipinski definition) is 3. The predicted octanol–water partition coefficient (Wildman–Crippen LogP) is 3.28. The summed E-state index contributed by atoms with van der Waals surface area (Å²) in [5.74, 6) is -1.50. The molecule has 1 unspecified atom stereocenters. The van der Waals surface area contributed by atoms with Gasteiger partial charge in [0, 0.05) is 23.0 Å². The zero-order chi connectivity index (χ0) is 21.6. The van der Waals surface area contributed by atoms with Crippen molar-refractivity contribution in [1.29, 1.82) is 10.7 Å². The normalized spacial score (nSPS) is 12.6. The molecule has 0 radical (unpaired) electrons. The first-order valence-corrected chi connectivity index (χ1v) is 8.28. The number of rotatable bonds is 4. The van der Waals surface area contributed by atoms with E-state index in [1.54, 1.807) is 6.07 Å². The summed E-state index contributed by atoms with van der Waals surface area (Å²) in [5, 5.41) is 21.0.